The molecule has 3 rings (SSSR count). The number of nitro benzene ring substituents is 1. The molecule has 180 valence electrons. The number of non-ortho nitro benzene ring substituents is 1. The van der Waals surface area contributed by atoms with Crippen molar-refractivity contribution < 1.29 is 38.9 Å². The van der Waals surface area contributed by atoms with Crippen LogP contribution in [0.15, 0.2) is 48.0 Å². The molecule has 11 nitrogen and oxygen atoms in total. The van der Waals surface area contributed by atoms with Crippen molar-refractivity contribution >= 4 is 23.1 Å². The number of ether oxygens (including phenoxy) is 3. The zero-order valence-electron chi connectivity index (χ0n) is 18.6. The molecule has 1 aliphatic heterocycles. The van der Waals surface area contributed by atoms with Gasteiger partial charge in [0.15, 0.2) is 11.5 Å². The minimum absolute atomic E-state index is 0.0145. The fourth-order valence-electron chi connectivity index (χ4n) is 3.71. The smallest absolute Gasteiger partial charge is 0.295 e. The second kappa shape index (κ2) is 10.8. The number of aliphatic hydroxyl groups excluding tert-OH is 2. The average Bonchev–Trinajstić information content (AvgIpc) is 3.10. The molecule has 2 N–H and O–H groups in total. The Morgan fingerprint density at radius 1 is 1.06 bits per heavy atom. The third-order valence-electron chi connectivity index (χ3n) is 5.33. The van der Waals surface area contributed by atoms with Crippen molar-refractivity contribution in [3.63, 3.8) is 0 Å². The van der Waals surface area contributed by atoms with Crippen molar-refractivity contribution in [2.45, 2.75) is 6.04 Å². The Hall–Kier alpha value is -3.96. The van der Waals surface area contributed by atoms with E-state index < -0.39 is 28.4 Å². The number of carbonyl (C=O) groups is 2. The first kappa shape index (κ1) is 24.7. The summed E-state index contributed by atoms with van der Waals surface area (Å²) in [7, 11) is 2.91. The van der Waals surface area contributed by atoms with Gasteiger partial charge >= 0.3 is 0 Å². The zero-order chi connectivity index (χ0) is 24.8. The van der Waals surface area contributed by atoms with Crippen molar-refractivity contribution in [3.8, 4) is 11.5 Å². The van der Waals surface area contributed by atoms with Crippen LogP contribution in [0.2, 0.25) is 0 Å². The molecule has 1 amide bonds. The number of nitro groups is 1. The van der Waals surface area contributed by atoms with Crippen LogP contribution in [-0.2, 0) is 14.3 Å². The summed E-state index contributed by atoms with van der Waals surface area (Å²) in [4.78, 5) is 37.5. The number of Topliss-reactive ketones (excluding diaryl/α,β-unsaturated/α-hetero) is 1. The molecule has 1 saturated heterocycles. The van der Waals surface area contributed by atoms with Gasteiger partial charge in [0, 0.05) is 24.2 Å². The molecule has 0 bridgehead atoms. The first-order chi connectivity index (χ1) is 16.3. The van der Waals surface area contributed by atoms with E-state index in [4.69, 9.17) is 19.3 Å². The van der Waals surface area contributed by atoms with Crippen molar-refractivity contribution in [3.05, 3.63) is 69.3 Å². The molecule has 0 saturated carbocycles. The van der Waals surface area contributed by atoms with Gasteiger partial charge in [-0.2, -0.15) is 0 Å². The maximum atomic E-state index is 13.0. The first-order valence-electron chi connectivity index (χ1n) is 10.3. The third-order valence-corrected chi connectivity index (χ3v) is 5.33. The molecular weight excluding hydrogens is 448 g/mol. The maximum Gasteiger partial charge on any atom is 0.295 e. The fraction of sp³-hybridized carbons (Fsp3) is 0.304. The maximum absolute atomic E-state index is 13.0. The summed E-state index contributed by atoms with van der Waals surface area (Å²) < 4.78 is 15.9. The summed E-state index contributed by atoms with van der Waals surface area (Å²) in [6.07, 6.45) is 0. The quantitative estimate of drug-likeness (QED) is 0.132. The Bertz CT molecular complexity index is 1110. The van der Waals surface area contributed by atoms with Crippen LogP contribution in [0, 0.1) is 10.1 Å². The number of nitrogens with zero attached hydrogens (tertiary/aromatic N) is 2. The summed E-state index contributed by atoms with van der Waals surface area (Å²) in [6, 6.07) is 8.87. The molecule has 2 aromatic carbocycles. The van der Waals surface area contributed by atoms with Gasteiger partial charge in [0.25, 0.3) is 17.4 Å². The van der Waals surface area contributed by atoms with Crippen molar-refractivity contribution in [2.24, 2.45) is 0 Å². The Kier molecular flexibility index (Phi) is 7.82. The van der Waals surface area contributed by atoms with E-state index in [0.717, 1.165) is 0 Å². The number of carbonyl (C=O) groups excluding carboxylic acids is 2. The molecular formula is C23H24N2O9. The van der Waals surface area contributed by atoms with Gasteiger partial charge in [0.05, 0.1) is 50.6 Å². The number of aliphatic hydroxyl groups is 2. The van der Waals surface area contributed by atoms with Gasteiger partial charge in [-0.05, 0) is 29.8 Å². The first-order valence-corrected chi connectivity index (χ1v) is 10.3. The van der Waals surface area contributed by atoms with Crippen molar-refractivity contribution in [1.82, 2.24) is 4.90 Å². The van der Waals surface area contributed by atoms with E-state index in [1.807, 2.05) is 0 Å². The van der Waals surface area contributed by atoms with E-state index >= 15 is 0 Å². The summed E-state index contributed by atoms with van der Waals surface area (Å²) in [5.41, 5.74) is 0.260. The molecule has 0 aromatic heterocycles. The van der Waals surface area contributed by atoms with Crippen LogP contribution in [0.5, 0.6) is 11.5 Å². The molecule has 0 spiro atoms. The van der Waals surface area contributed by atoms with E-state index in [1.165, 1.54) is 43.4 Å². The van der Waals surface area contributed by atoms with Crippen LogP contribution in [0.1, 0.15) is 17.2 Å². The largest absolute Gasteiger partial charge is 0.507 e. The highest BCUT2D eigenvalue weighted by Crippen LogP contribution is 2.41. The minimum Gasteiger partial charge on any atom is -0.507 e. The highest BCUT2D eigenvalue weighted by molar-refractivity contribution is 6.46. The third kappa shape index (κ3) is 4.85. The van der Waals surface area contributed by atoms with E-state index in [0.29, 0.717) is 17.1 Å². The molecule has 0 unspecified atom stereocenters. The molecule has 1 fully saturated rings. The Labute approximate surface area is 194 Å². The van der Waals surface area contributed by atoms with Crippen molar-refractivity contribution in [1.29, 1.82) is 0 Å². The Morgan fingerprint density at radius 2 is 1.74 bits per heavy atom. The number of hydrogen-bond acceptors (Lipinski definition) is 9. The Balaban J connectivity index is 2.11. The van der Waals surface area contributed by atoms with E-state index in [2.05, 4.69) is 0 Å². The number of amides is 1. The normalized spacial score (nSPS) is 17.1. The molecule has 1 aliphatic rings. The summed E-state index contributed by atoms with van der Waals surface area (Å²) in [5, 5.41) is 30.9. The molecule has 34 heavy (non-hydrogen) atoms. The van der Waals surface area contributed by atoms with Gasteiger partial charge in [0.1, 0.15) is 5.76 Å². The molecule has 1 heterocycles. The highest BCUT2D eigenvalue weighted by Gasteiger charge is 2.46. The zero-order valence-corrected chi connectivity index (χ0v) is 18.6. The lowest BCUT2D eigenvalue weighted by Gasteiger charge is -2.26. The Morgan fingerprint density at radius 3 is 2.32 bits per heavy atom. The van der Waals surface area contributed by atoms with Gasteiger partial charge in [-0.1, -0.05) is 6.07 Å². The molecule has 11 heteroatoms. The summed E-state index contributed by atoms with van der Waals surface area (Å²) in [5.74, 6) is -1.41. The molecule has 0 aliphatic carbocycles. The summed E-state index contributed by atoms with van der Waals surface area (Å²) in [6.45, 7) is -0.0681. The van der Waals surface area contributed by atoms with Gasteiger partial charge in [-0.15, -0.1) is 0 Å². The fourth-order valence-corrected chi connectivity index (χ4v) is 3.71. The van der Waals surface area contributed by atoms with Crippen LogP contribution < -0.4 is 9.47 Å². The van der Waals surface area contributed by atoms with Crippen LogP contribution in [-0.4, -0.2) is 72.3 Å². The number of hydrogen-bond donors (Lipinski definition) is 2. The number of methoxy groups -OCH3 is 2. The van der Waals surface area contributed by atoms with E-state index in [9.17, 15) is 24.8 Å². The van der Waals surface area contributed by atoms with Crippen LogP contribution in [0.3, 0.4) is 0 Å². The van der Waals surface area contributed by atoms with Crippen LogP contribution >= 0.6 is 0 Å². The lowest BCUT2D eigenvalue weighted by molar-refractivity contribution is -0.384. The lowest BCUT2D eigenvalue weighted by Crippen LogP contribution is -2.33. The number of likely N-dealkylation sites (tertiary alicyclic amines) is 1. The minimum atomic E-state index is -0.979. The number of ketones is 1. The van der Waals surface area contributed by atoms with Gasteiger partial charge in [-0.25, -0.2) is 0 Å². The van der Waals surface area contributed by atoms with E-state index in [1.54, 1.807) is 18.2 Å². The predicted octanol–water partition coefficient (Wildman–Crippen LogP) is 2.04. The van der Waals surface area contributed by atoms with E-state index in [-0.39, 0.29) is 43.2 Å². The van der Waals surface area contributed by atoms with Crippen LogP contribution in [0.25, 0.3) is 5.76 Å². The topological polar surface area (TPSA) is 149 Å². The second-order valence-electron chi connectivity index (χ2n) is 7.25. The SMILES string of the molecule is COc1ccc([C@H]2C(=C(O)c3ccc([N+](=O)[O-])cc3)C(=O)C(=O)N2CCOCCO)cc1OC. The summed E-state index contributed by atoms with van der Waals surface area (Å²) >= 11 is 0. The predicted molar refractivity (Wildman–Crippen MR) is 120 cm³/mol. The van der Waals surface area contributed by atoms with Crippen molar-refractivity contribution in [2.75, 3.05) is 40.6 Å². The number of rotatable bonds is 10. The molecule has 1 atom stereocenters. The van der Waals surface area contributed by atoms with Gasteiger partial charge in [-0.3, -0.25) is 19.7 Å². The molecule has 0 radical (unpaired) electrons. The standard InChI is InChI=1S/C23H24N2O9/c1-32-17-8-5-15(13-18(17)33-2)20-19(21(27)14-3-6-16(7-4-14)25(30)31)22(28)23(29)24(20)9-11-34-12-10-26/h3-8,13,20,26-27H,9-12H2,1-2H3/t20-/m0/s1. The highest BCUT2D eigenvalue weighted by atomic mass is 16.6. The van der Waals surface area contributed by atoms with Gasteiger partial charge in [0.2, 0.25) is 0 Å². The van der Waals surface area contributed by atoms with Gasteiger partial charge < -0.3 is 29.3 Å². The second-order valence-corrected chi connectivity index (χ2v) is 7.25. The lowest BCUT2D eigenvalue weighted by atomic mass is 9.95. The van der Waals surface area contributed by atoms with Crippen LogP contribution in [0.4, 0.5) is 5.69 Å². The molecule has 2 aromatic rings. The monoisotopic (exact) mass is 472 g/mol. The number of benzene rings is 2. The average molecular weight is 472 g/mol.